The highest BCUT2D eigenvalue weighted by atomic mass is 15.1. The minimum atomic E-state index is 0.628. The van der Waals surface area contributed by atoms with E-state index in [1.54, 1.807) is 0 Å². The summed E-state index contributed by atoms with van der Waals surface area (Å²) in [6.07, 6.45) is 2.59. The van der Waals surface area contributed by atoms with E-state index in [1.165, 1.54) is 19.4 Å². The molecule has 13 heavy (non-hydrogen) atoms. The van der Waals surface area contributed by atoms with Crippen LogP contribution in [0.4, 0.5) is 0 Å². The second-order valence-electron chi connectivity index (χ2n) is 4.39. The highest BCUT2D eigenvalue weighted by molar-refractivity contribution is 4.58. The van der Waals surface area contributed by atoms with Gasteiger partial charge in [-0.05, 0) is 46.8 Å². The maximum atomic E-state index is 3.43. The van der Waals surface area contributed by atoms with Gasteiger partial charge in [-0.3, -0.25) is 0 Å². The van der Waals surface area contributed by atoms with Gasteiger partial charge in [0, 0.05) is 12.1 Å². The van der Waals surface area contributed by atoms with E-state index >= 15 is 0 Å². The number of nitrogens with one attached hydrogen (secondary N) is 1. The first kappa shape index (κ1) is 12.9. The molecule has 0 aromatic heterocycles. The van der Waals surface area contributed by atoms with Crippen LogP contribution in [-0.2, 0) is 0 Å². The molecule has 1 N–H and O–H groups in total. The van der Waals surface area contributed by atoms with Crippen molar-refractivity contribution in [2.24, 2.45) is 0 Å². The molecule has 0 unspecified atom stereocenters. The summed E-state index contributed by atoms with van der Waals surface area (Å²) in [7, 11) is 2.19. The average Bonchev–Trinajstić information content (AvgIpc) is 2.02. The summed E-state index contributed by atoms with van der Waals surface area (Å²) < 4.78 is 0. The van der Waals surface area contributed by atoms with Crippen LogP contribution in [0.5, 0.6) is 0 Å². The van der Waals surface area contributed by atoms with E-state index in [2.05, 4.69) is 45.0 Å². The molecule has 0 aromatic rings. The van der Waals surface area contributed by atoms with Gasteiger partial charge >= 0.3 is 0 Å². The van der Waals surface area contributed by atoms with Gasteiger partial charge in [-0.1, -0.05) is 13.8 Å². The maximum absolute atomic E-state index is 3.43. The Labute approximate surface area is 83.7 Å². The normalized spacial score (nSPS) is 12.0. The van der Waals surface area contributed by atoms with Gasteiger partial charge < -0.3 is 10.2 Å². The van der Waals surface area contributed by atoms with Crippen molar-refractivity contribution >= 4 is 0 Å². The lowest BCUT2D eigenvalue weighted by atomic mass is 10.2. The predicted molar refractivity (Wildman–Crippen MR) is 60.1 cm³/mol. The molecule has 0 aromatic carbocycles. The minimum Gasteiger partial charge on any atom is -0.315 e. The highest BCUT2D eigenvalue weighted by Crippen LogP contribution is 1.97. The summed E-state index contributed by atoms with van der Waals surface area (Å²) >= 11 is 0. The SMILES string of the molecule is CC(C)NCCCCN(C)C(C)C. The van der Waals surface area contributed by atoms with Gasteiger partial charge in [0.25, 0.3) is 0 Å². The molecular formula is C11H26N2. The third-order valence-electron chi connectivity index (χ3n) is 2.37. The molecule has 0 bridgehead atoms. The van der Waals surface area contributed by atoms with Crippen molar-refractivity contribution in [3.8, 4) is 0 Å². The molecule has 80 valence electrons. The van der Waals surface area contributed by atoms with E-state index in [4.69, 9.17) is 0 Å². The van der Waals surface area contributed by atoms with Crippen molar-refractivity contribution in [3.63, 3.8) is 0 Å². The van der Waals surface area contributed by atoms with Crippen molar-refractivity contribution in [1.29, 1.82) is 0 Å². The van der Waals surface area contributed by atoms with Crippen LogP contribution in [0.2, 0.25) is 0 Å². The molecule has 0 atom stereocenters. The van der Waals surface area contributed by atoms with Crippen LogP contribution in [0.25, 0.3) is 0 Å². The van der Waals surface area contributed by atoms with Gasteiger partial charge in [-0.15, -0.1) is 0 Å². The van der Waals surface area contributed by atoms with Crippen molar-refractivity contribution in [3.05, 3.63) is 0 Å². The Morgan fingerprint density at radius 1 is 1.08 bits per heavy atom. The zero-order valence-electron chi connectivity index (χ0n) is 9.93. The first-order chi connectivity index (χ1) is 6.04. The minimum absolute atomic E-state index is 0.628. The van der Waals surface area contributed by atoms with Crippen molar-refractivity contribution in [2.45, 2.75) is 52.6 Å². The predicted octanol–water partition coefficient (Wildman–Crippen LogP) is 2.10. The number of nitrogens with zero attached hydrogens (tertiary/aromatic N) is 1. The zero-order chi connectivity index (χ0) is 10.3. The number of unbranched alkanes of at least 4 members (excludes halogenated alkanes) is 1. The number of hydrogen-bond donors (Lipinski definition) is 1. The van der Waals surface area contributed by atoms with E-state index in [-0.39, 0.29) is 0 Å². The average molecular weight is 186 g/mol. The molecule has 0 fully saturated rings. The molecule has 0 aliphatic rings. The van der Waals surface area contributed by atoms with Crippen LogP contribution < -0.4 is 5.32 Å². The van der Waals surface area contributed by atoms with Crippen LogP contribution in [0.1, 0.15) is 40.5 Å². The fourth-order valence-electron chi connectivity index (χ4n) is 1.14. The monoisotopic (exact) mass is 186 g/mol. The van der Waals surface area contributed by atoms with Crippen molar-refractivity contribution < 1.29 is 0 Å². The smallest absolute Gasteiger partial charge is 0.00355 e. The fourth-order valence-corrected chi connectivity index (χ4v) is 1.14. The molecule has 2 nitrogen and oxygen atoms in total. The van der Waals surface area contributed by atoms with Gasteiger partial charge in [0.1, 0.15) is 0 Å². The standard InChI is InChI=1S/C11H26N2/c1-10(2)12-8-6-7-9-13(5)11(3)4/h10-12H,6-9H2,1-5H3. The molecular weight excluding hydrogens is 160 g/mol. The summed E-state index contributed by atoms with van der Waals surface area (Å²) in [4.78, 5) is 2.40. The summed E-state index contributed by atoms with van der Waals surface area (Å²) in [5.41, 5.74) is 0. The summed E-state index contributed by atoms with van der Waals surface area (Å²) in [5, 5.41) is 3.43. The Bertz CT molecular complexity index is 111. The molecule has 0 saturated heterocycles. The molecule has 0 heterocycles. The van der Waals surface area contributed by atoms with E-state index < -0.39 is 0 Å². The lowest BCUT2D eigenvalue weighted by Crippen LogP contribution is -2.28. The van der Waals surface area contributed by atoms with Crippen LogP contribution in [0.15, 0.2) is 0 Å². The second kappa shape index (κ2) is 7.34. The fraction of sp³-hybridized carbons (Fsp3) is 1.00. The van der Waals surface area contributed by atoms with E-state index in [0.29, 0.717) is 12.1 Å². The molecule has 0 radical (unpaired) electrons. The third-order valence-corrected chi connectivity index (χ3v) is 2.37. The zero-order valence-corrected chi connectivity index (χ0v) is 9.93. The number of hydrogen-bond acceptors (Lipinski definition) is 2. The molecule has 0 amide bonds. The molecule has 0 spiro atoms. The van der Waals surface area contributed by atoms with Gasteiger partial charge in [0.15, 0.2) is 0 Å². The largest absolute Gasteiger partial charge is 0.315 e. The first-order valence-corrected chi connectivity index (χ1v) is 5.47. The topological polar surface area (TPSA) is 15.3 Å². The first-order valence-electron chi connectivity index (χ1n) is 5.47. The Balaban J connectivity index is 3.16. The molecule has 0 saturated carbocycles. The van der Waals surface area contributed by atoms with Gasteiger partial charge in [-0.2, -0.15) is 0 Å². The van der Waals surface area contributed by atoms with Gasteiger partial charge in [0.2, 0.25) is 0 Å². The summed E-state index contributed by atoms with van der Waals surface area (Å²) in [6.45, 7) is 11.3. The maximum Gasteiger partial charge on any atom is 0.00355 e. The van der Waals surface area contributed by atoms with E-state index in [1.807, 2.05) is 0 Å². The Kier molecular flexibility index (Phi) is 7.29. The van der Waals surface area contributed by atoms with Crippen LogP contribution >= 0.6 is 0 Å². The Morgan fingerprint density at radius 2 is 1.69 bits per heavy atom. The third kappa shape index (κ3) is 8.26. The van der Waals surface area contributed by atoms with Crippen LogP contribution in [-0.4, -0.2) is 37.1 Å². The van der Waals surface area contributed by atoms with E-state index in [0.717, 1.165) is 6.54 Å². The van der Waals surface area contributed by atoms with Crippen molar-refractivity contribution in [1.82, 2.24) is 10.2 Å². The molecule has 0 aliphatic carbocycles. The lowest BCUT2D eigenvalue weighted by Gasteiger charge is -2.20. The summed E-state index contributed by atoms with van der Waals surface area (Å²) in [5.74, 6) is 0. The highest BCUT2D eigenvalue weighted by Gasteiger charge is 2.01. The van der Waals surface area contributed by atoms with Gasteiger partial charge in [-0.25, -0.2) is 0 Å². The van der Waals surface area contributed by atoms with Crippen molar-refractivity contribution in [2.75, 3.05) is 20.1 Å². The van der Waals surface area contributed by atoms with Crippen LogP contribution in [0, 0.1) is 0 Å². The van der Waals surface area contributed by atoms with E-state index in [9.17, 15) is 0 Å². The molecule has 0 rings (SSSR count). The molecule has 2 heteroatoms. The summed E-state index contributed by atoms with van der Waals surface area (Å²) in [6, 6.07) is 1.31. The number of rotatable bonds is 7. The Hall–Kier alpha value is -0.0800. The quantitative estimate of drug-likeness (QED) is 0.613. The molecule has 0 aliphatic heterocycles. The van der Waals surface area contributed by atoms with Gasteiger partial charge in [0.05, 0.1) is 0 Å². The second-order valence-corrected chi connectivity index (χ2v) is 4.39. The Morgan fingerprint density at radius 3 is 2.15 bits per heavy atom. The van der Waals surface area contributed by atoms with Crippen LogP contribution in [0.3, 0.4) is 0 Å². The lowest BCUT2D eigenvalue weighted by molar-refractivity contribution is 0.267.